The fourth-order valence-corrected chi connectivity index (χ4v) is 2.14. The Bertz CT molecular complexity index is 543. The van der Waals surface area contributed by atoms with Gasteiger partial charge in [0.1, 0.15) is 0 Å². The molecule has 0 radical (unpaired) electrons. The molecule has 0 spiro atoms. The van der Waals surface area contributed by atoms with Crippen LogP contribution in [-0.2, 0) is 6.54 Å². The molecule has 100 valence electrons. The Morgan fingerprint density at radius 1 is 1.26 bits per heavy atom. The smallest absolute Gasteiger partial charge is 0.159 e. The molecule has 0 aliphatic heterocycles. The second kappa shape index (κ2) is 6.98. The molecule has 19 heavy (non-hydrogen) atoms. The summed E-state index contributed by atoms with van der Waals surface area (Å²) >= 11 is 9.37. The number of nitrogens with one attached hydrogen (secondary N) is 1. The van der Waals surface area contributed by atoms with Gasteiger partial charge in [-0.15, -0.1) is 0 Å². The lowest BCUT2D eigenvalue weighted by molar-refractivity contribution is 0.672. The van der Waals surface area contributed by atoms with Crippen molar-refractivity contribution >= 4 is 27.5 Å². The van der Waals surface area contributed by atoms with E-state index in [1.54, 1.807) is 0 Å². The summed E-state index contributed by atoms with van der Waals surface area (Å²) in [5.74, 6) is 0.705. The molecule has 1 N–H and O–H groups in total. The average Bonchev–Trinajstić information content (AvgIpc) is 2.43. The molecule has 5 heteroatoms. The van der Waals surface area contributed by atoms with E-state index >= 15 is 0 Å². The zero-order valence-corrected chi connectivity index (χ0v) is 13.0. The highest BCUT2D eigenvalue weighted by Gasteiger charge is 2.04. The minimum atomic E-state index is 0.684. The van der Waals surface area contributed by atoms with Crippen LogP contribution in [0.4, 0.5) is 0 Å². The van der Waals surface area contributed by atoms with Gasteiger partial charge in [0.05, 0.1) is 5.02 Å². The Balaban J connectivity index is 2.11. The first-order valence-corrected chi connectivity index (χ1v) is 7.35. The van der Waals surface area contributed by atoms with Crippen molar-refractivity contribution in [2.45, 2.75) is 19.9 Å². The molecular weight excluding hydrogens is 326 g/mol. The molecule has 0 aliphatic rings. The van der Waals surface area contributed by atoms with E-state index in [-0.39, 0.29) is 0 Å². The van der Waals surface area contributed by atoms with E-state index in [2.05, 4.69) is 38.1 Å². The minimum absolute atomic E-state index is 0.684. The maximum atomic E-state index is 5.97. The van der Waals surface area contributed by atoms with E-state index in [1.807, 2.05) is 30.6 Å². The van der Waals surface area contributed by atoms with Gasteiger partial charge in [0.2, 0.25) is 0 Å². The summed E-state index contributed by atoms with van der Waals surface area (Å²) in [6.45, 7) is 3.95. The summed E-state index contributed by atoms with van der Waals surface area (Å²) in [6.07, 6.45) is 4.83. The normalized spacial score (nSPS) is 10.7. The molecule has 0 bridgehead atoms. The van der Waals surface area contributed by atoms with Crippen molar-refractivity contribution in [1.82, 2.24) is 15.3 Å². The van der Waals surface area contributed by atoms with Crippen LogP contribution < -0.4 is 5.32 Å². The summed E-state index contributed by atoms with van der Waals surface area (Å²) in [6, 6.07) is 5.67. The van der Waals surface area contributed by atoms with Gasteiger partial charge < -0.3 is 5.32 Å². The molecular formula is C14H15BrClN3. The van der Waals surface area contributed by atoms with Crippen molar-refractivity contribution in [3.05, 3.63) is 45.7 Å². The van der Waals surface area contributed by atoms with E-state index in [9.17, 15) is 0 Å². The first-order valence-electron chi connectivity index (χ1n) is 6.17. The van der Waals surface area contributed by atoms with Gasteiger partial charge >= 0.3 is 0 Å². The molecule has 0 fully saturated rings. The molecule has 0 amide bonds. The average molecular weight is 341 g/mol. The lowest BCUT2D eigenvalue weighted by atomic mass is 10.2. The second-order valence-corrected chi connectivity index (χ2v) is 5.48. The van der Waals surface area contributed by atoms with E-state index < -0.39 is 0 Å². The van der Waals surface area contributed by atoms with Crippen molar-refractivity contribution < 1.29 is 0 Å². The molecule has 0 unspecified atom stereocenters. The molecule has 0 saturated heterocycles. The van der Waals surface area contributed by atoms with Gasteiger partial charge in [-0.25, -0.2) is 9.97 Å². The third-order valence-corrected chi connectivity index (χ3v) is 3.85. The van der Waals surface area contributed by atoms with Gasteiger partial charge in [0.15, 0.2) is 5.82 Å². The Labute approximate surface area is 126 Å². The minimum Gasteiger partial charge on any atom is -0.313 e. The second-order valence-electron chi connectivity index (χ2n) is 4.22. The van der Waals surface area contributed by atoms with Crippen LogP contribution in [-0.4, -0.2) is 16.5 Å². The van der Waals surface area contributed by atoms with Crippen LogP contribution in [0.3, 0.4) is 0 Å². The van der Waals surface area contributed by atoms with Gasteiger partial charge in [-0.3, -0.25) is 0 Å². The number of halogens is 2. The Hall–Kier alpha value is -0.970. The van der Waals surface area contributed by atoms with Crippen LogP contribution in [0.15, 0.2) is 35.1 Å². The molecule has 0 saturated carbocycles. The van der Waals surface area contributed by atoms with Crippen molar-refractivity contribution in [3.8, 4) is 11.4 Å². The number of hydrogen-bond donors (Lipinski definition) is 1. The zero-order chi connectivity index (χ0) is 13.7. The number of aromatic nitrogens is 2. The maximum absolute atomic E-state index is 5.97. The number of rotatable bonds is 5. The highest BCUT2D eigenvalue weighted by molar-refractivity contribution is 9.10. The van der Waals surface area contributed by atoms with E-state index in [0.29, 0.717) is 10.8 Å². The highest BCUT2D eigenvalue weighted by Crippen LogP contribution is 2.26. The van der Waals surface area contributed by atoms with Gasteiger partial charge in [-0.2, -0.15) is 0 Å². The standard InChI is InChI=1S/C14H15BrClN3/c1-2-5-17-7-10-8-18-14(19-9-10)11-3-4-13(16)12(15)6-11/h3-4,6,8-9,17H,2,5,7H2,1H3. The van der Waals surface area contributed by atoms with Crippen LogP contribution >= 0.6 is 27.5 Å². The van der Waals surface area contributed by atoms with E-state index in [1.165, 1.54) is 0 Å². The third kappa shape index (κ3) is 4.00. The molecule has 2 aromatic rings. The van der Waals surface area contributed by atoms with Crippen LogP contribution in [0, 0.1) is 0 Å². The molecule has 2 rings (SSSR count). The fourth-order valence-electron chi connectivity index (χ4n) is 1.64. The van der Waals surface area contributed by atoms with Crippen molar-refractivity contribution in [3.63, 3.8) is 0 Å². The van der Waals surface area contributed by atoms with Crippen molar-refractivity contribution in [2.24, 2.45) is 0 Å². The van der Waals surface area contributed by atoms with Crippen molar-refractivity contribution in [2.75, 3.05) is 6.54 Å². The largest absolute Gasteiger partial charge is 0.313 e. The Morgan fingerprint density at radius 2 is 2.00 bits per heavy atom. The van der Waals surface area contributed by atoms with Crippen LogP contribution in [0.5, 0.6) is 0 Å². The summed E-state index contributed by atoms with van der Waals surface area (Å²) in [4.78, 5) is 8.77. The fraction of sp³-hybridized carbons (Fsp3) is 0.286. The van der Waals surface area contributed by atoms with Crippen molar-refractivity contribution in [1.29, 1.82) is 0 Å². The van der Waals surface area contributed by atoms with Gasteiger partial charge in [-0.1, -0.05) is 18.5 Å². The lowest BCUT2D eigenvalue weighted by Gasteiger charge is -2.05. The summed E-state index contributed by atoms with van der Waals surface area (Å²) in [7, 11) is 0. The molecule has 1 heterocycles. The quantitative estimate of drug-likeness (QED) is 0.834. The highest BCUT2D eigenvalue weighted by atomic mass is 79.9. The van der Waals surface area contributed by atoms with Gasteiger partial charge in [0.25, 0.3) is 0 Å². The zero-order valence-electron chi connectivity index (χ0n) is 10.7. The monoisotopic (exact) mass is 339 g/mol. The SMILES string of the molecule is CCCNCc1cnc(-c2ccc(Cl)c(Br)c2)nc1. The Kier molecular flexibility index (Phi) is 5.31. The maximum Gasteiger partial charge on any atom is 0.159 e. The van der Waals surface area contributed by atoms with Gasteiger partial charge in [-0.05, 0) is 47.1 Å². The van der Waals surface area contributed by atoms with Crippen LogP contribution in [0.25, 0.3) is 11.4 Å². The number of benzene rings is 1. The lowest BCUT2D eigenvalue weighted by Crippen LogP contribution is -2.14. The topological polar surface area (TPSA) is 37.8 Å². The summed E-state index contributed by atoms with van der Waals surface area (Å²) < 4.78 is 0.851. The Morgan fingerprint density at radius 3 is 2.63 bits per heavy atom. The first-order chi connectivity index (χ1) is 9.20. The van der Waals surface area contributed by atoms with Crippen LogP contribution in [0.2, 0.25) is 5.02 Å². The first kappa shape index (κ1) is 14.4. The molecule has 0 atom stereocenters. The van der Waals surface area contributed by atoms with Gasteiger partial charge in [0, 0.05) is 34.5 Å². The molecule has 3 nitrogen and oxygen atoms in total. The van der Waals surface area contributed by atoms with E-state index in [0.717, 1.165) is 35.1 Å². The molecule has 1 aromatic carbocycles. The third-order valence-electron chi connectivity index (χ3n) is 2.64. The number of nitrogens with zero attached hydrogens (tertiary/aromatic N) is 2. The predicted octanol–water partition coefficient (Wildman–Crippen LogP) is 4.06. The molecule has 1 aromatic heterocycles. The predicted molar refractivity (Wildman–Crippen MR) is 82.2 cm³/mol. The number of hydrogen-bond acceptors (Lipinski definition) is 3. The molecule has 0 aliphatic carbocycles. The summed E-state index contributed by atoms with van der Waals surface area (Å²) in [5, 5.41) is 4.01. The van der Waals surface area contributed by atoms with Crippen LogP contribution in [0.1, 0.15) is 18.9 Å². The van der Waals surface area contributed by atoms with E-state index in [4.69, 9.17) is 11.6 Å². The summed E-state index contributed by atoms with van der Waals surface area (Å²) in [5.41, 5.74) is 2.04.